The molecular weight excluding hydrogens is 333 g/mol. The van der Waals surface area contributed by atoms with Crippen molar-refractivity contribution in [3.63, 3.8) is 0 Å². The molecule has 0 radical (unpaired) electrons. The van der Waals surface area contributed by atoms with E-state index in [9.17, 15) is 14.3 Å². The van der Waals surface area contributed by atoms with Crippen LogP contribution in [0, 0.1) is 5.82 Å². The van der Waals surface area contributed by atoms with E-state index in [2.05, 4.69) is 10.2 Å². The number of aromatic amines is 1. The second-order valence-corrected chi connectivity index (χ2v) is 6.38. The smallest absolute Gasteiger partial charge is 0.233 e. The summed E-state index contributed by atoms with van der Waals surface area (Å²) in [6.07, 6.45) is 0. The minimum absolute atomic E-state index is 0.117. The topological polar surface area (TPSA) is 69.2 Å². The maximum Gasteiger partial charge on any atom is 0.233 e. The van der Waals surface area contributed by atoms with Crippen molar-refractivity contribution < 1.29 is 14.3 Å². The van der Waals surface area contributed by atoms with Gasteiger partial charge in [-0.3, -0.25) is 9.89 Å². The number of fused-ring (bicyclic) bond motifs is 1. The van der Waals surface area contributed by atoms with Gasteiger partial charge in [0.05, 0.1) is 37.0 Å². The highest BCUT2D eigenvalue weighted by molar-refractivity contribution is 5.85. The van der Waals surface area contributed by atoms with Gasteiger partial charge in [0, 0.05) is 11.1 Å². The lowest BCUT2D eigenvalue weighted by molar-refractivity contribution is -0.134. The monoisotopic (exact) mass is 351 g/mol. The van der Waals surface area contributed by atoms with E-state index in [4.69, 9.17) is 0 Å². The van der Waals surface area contributed by atoms with Gasteiger partial charge in [0.2, 0.25) is 5.91 Å². The summed E-state index contributed by atoms with van der Waals surface area (Å²) in [6, 6.07) is 15.4. The number of rotatable bonds is 4. The molecule has 132 valence electrons. The van der Waals surface area contributed by atoms with E-state index in [0.717, 1.165) is 28.1 Å². The van der Waals surface area contributed by atoms with Crippen LogP contribution in [0.1, 0.15) is 22.7 Å². The zero-order valence-corrected chi connectivity index (χ0v) is 14.0. The van der Waals surface area contributed by atoms with Crippen LogP contribution in [0.2, 0.25) is 0 Å². The summed E-state index contributed by atoms with van der Waals surface area (Å²) in [5.41, 5.74) is 4.15. The molecule has 1 aromatic heterocycles. The Kier molecular flexibility index (Phi) is 4.26. The lowest BCUT2D eigenvalue weighted by Gasteiger charge is -2.22. The van der Waals surface area contributed by atoms with Gasteiger partial charge in [0.15, 0.2) is 0 Å². The normalized spacial score (nSPS) is 14.3. The molecule has 1 amide bonds. The SMILES string of the molecule is O=C(C(CO)c1ccccc1)N1Cc2[nH]nc(-c3ccc(F)cc3)c2C1. The fourth-order valence-electron chi connectivity index (χ4n) is 3.37. The maximum atomic E-state index is 13.2. The fourth-order valence-corrected chi connectivity index (χ4v) is 3.37. The summed E-state index contributed by atoms with van der Waals surface area (Å²) in [5, 5.41) is 17.0. The highest BCUT2D eigenvalue weighted by Gasteiger charge is 2.32. The van der Waals surface area contributed by atoms with E-state index in [-0.39, 0.29) is 18.3 Å². The van der Waals surface area contributed by atoms with Gasteiger partial charge < -0.3 is 10.0 Å². The van der Waals surface area contributed by atoms with Gasteiger partial charge in [-0.05, 0) is 29.8 Å². The zero-order valence-electron chi connectivity index (χ0n) is 14.0. The van der Waals surface area contributed by atoms with Gasteiger partial charge in [-0.15, -0.1) is 0 Å². The molecule has 1 atom stereocenters. The highest BCUT2D eigenvalue weighted by atomic mass is 19.1. The summed E-state index contributed by atoms with van der Waals surface area (Å²) in [5.74, 6) is -0.998. The number of hydrogen-bond donors (Lipinski definition) is 2. The van der Waals surface area contributed by atoms with Crippen LogP contribution >= 0.6 is 0 Å². The molecule has 6 heteroatoms. The van der Waals surface area contributed by atoms with Crippen molar-refractivity contribution in [1.82, 2.24) is 15.1 Å². The fraction of sp³-hybridized carbons (Fsp3) is 0.200. The van der Waals surface area contributed by atoms with Gasteiger partial charge in [-0.1, -0.05) is 30.3 Å². The van der Waals surface area contributed by atoms with Crippen molar-refractivity contribution in [2.45, 2.75) is 19.0 Å². The predicted octanol–water partition coefficient (Wildman–Crippen LogP) is 2.83. The first-order valence-electron chi connectivity index (χ1n) is 8.44. The third-order valence-electron chi connectivity index (χ3n) is 4.76. The van der Waals surface area contributed by atoms with Gasteiger partial charge in [-0.2, -0.15) is 5.10 Å². The number of nitrogens with one attached hydrogen (secondary N) is 1. The quantitative estimate of drug-likeness (QED) is 0.759. The molecule has 1 unspecified atom stereocenters. The number of carbonyl (C=O) groups excluding carboxylic acids is 1. The Hall–Kier alpha value is -2.99. The van der Waals surface area contributed by atoms with Crippen molar-refractivity contribution in [1.29, 1.82) is 0 Å². The minimum atomic E-state index is -0.581. The lowest BCUT2D eigenvalue weighted by Crippen LogP contribution is -2.32. The maximum absolute atomic E-state index is 13.2. The van der Waals surface area contributed by atoms with Crippen LogP contribution in [-0.4, -0.2) is 32.7 Å². The molecule has 0 saturated carbocycles. The molecule has 1 aliphatic heterocycles. The molecule has 0 bridgehead atoms. The Morgan fingerprint density at radius 3 is 2.58 bits per heavy atom. The number of nitrogens with zero attached hydrogens (tertiary/aromatic N) is 2. The summed E-state index contributed by atoms with van der Waals surface area (Å²) in [7, 11) is 0. The second kappa shape index (κ2) is 6.72. The molecule has 0 fully saturated rings. The Morgan fingerprint density at radius 1 is 1.15 bits per heavy atom. The van der Waals surface area contributed by atoms with E-state index < -0.39 is 5.92 Å². The summed E-state index contributed by atoms with van der Waals surface area (Å²) >= 11 is 0. The molecular formula is C20H18FN3O2. The molecule has 1 aliphatic rings. The molecule has 0 aliphatic carbocycles. The van der Waals surface area contributed by atoms with Crippen LogP contribution in [0.3, 0.4) is 0 Å². The van der Waals surface area contributed by atoms with E-state index in [1.807, 2.05) is 30.3 Å². The third-order valence-corrected chi connectivity index (χ3v) is 4.76. The summed E-state index contributed by atoms with van der Waals surface area (Å²) in [6.45, 7) is 0.600. The summed E-state index contributed by atoms with van der Waals surface area (Å²) < 4.78 is 13.2. The molecule has 2 N–H and O–H groups in total. The van der Waals surface area contributed by atoms with Crippen LogP contribution in [0.5, 0.6) is 0 Å². The van der Waals surface area contributed by atoms with Crippen LogP contribution in [-0.2, 0) is 17.9 Å². The molecule has 0 spiro atoms. The van der Waals surface area contributed by atoms with Crippen molar-refractivity contribution in [2.24, 2.45) is 0 Å². The number of benzene rings is 2. The first-order chi connectivity index (χ1) is 12.7. The molecule has 4 rings (SSSR count). The molecule has 5 nitrogen and oxygen atoms in total. The molecule has 2 aromatic carbocycles. The average Bonchev–Trinajstić information content (AvgIpc) is 3.25. The molecule has 0 saturated heterocycles. The zero-order chi connectivity index (χ0) is 18.1. The number of H-pyrrole nitrogens is 1. The van der Waals surface area contributed by atoms with Crippen LogP contribution in [0.4, 0.5) is 4.39 Å². The number of aliphatic hydroxyl groups is 1. The van der Waals surface area contributed by atoms with Gasteiger partial charge in [-0.25, -0.2) is 4.39 Å². The van der Waals surface area contributed by atoms with E-state index >= 15 is 0 Å². The van der Waals surface area contributed by atoms with Gasteiger partial charge >= 0.3 is 0 Å². The largest absolute Gasteiger partial charge is 0.395 e. The lowest BCUT2D eigenvalue weighted by atomic mass is 9.98. The van der Waals surface area contributed by atoms with E-state index in [0.29, 0.717) is 13.1 Å². The Labute approximate surface area is 150 Å². The number of amides is 1. The van der Waals surface area contributed by atoms with Crippen molar-refractivity contribution >= 4 is 5.91 Å². The highest BCUT2D eigenvalue weighted by Crippen LogP contribution is 2.32. The van der Waals surface area contributed by atoms with Crippen molar-refractivity contribution in [3.05, 3.63) is 77.2 Å². The Bertz CT molecular complexity index is 922. The number of aliphatic hydroxyl groups excluding tert-OH is 1. The van der Waals surface area contributed by atoms with Crippen LogP contribution in [0.15, 0.2) is 54.6 Å². The predicted molar refractivity (Wildman–Crippen MR) is 94.5 cm³/mol. The first kappa shape index (κ1) is 16.5. The van der Waals surface area contributed by atoms with Crippen LogP contribution < -0.4 is 0 Å². The number of carbonyl (C=O) groups is 1. The van der Waals surface area contributed by atoms with Crippen LogP contribution in [0.25, 0.3) is 11.3 Å². The Balaban J connectivity index is 1.57. The van der Waals surface area contributed by atoms with Crippen molar-refractivity contribution in [2.75, 3.05) is 6.61 Å². The standard InChI is InChI=1S/C20H18FN3O2/c21-15-8-6-14(7-9-15)19-16-10-24(11-18(16)22-23-19)20(26)17(12-25)13-4-2-1-3-5-13/h1-9,17,25H,10-12H2,(H,22,23). The molecule has 26 heavy (non-hydrogen) atoms. The minimum Gasteiger partial charge on any atom is -0.395 e. The van der Waals surface area contributed by atoms with Crippen molar-refractivity contribution in [3.8, 4) is 11.3 Å². The number of hydrogen-bond acceptors (Lipinski definition) is 3. The Morgan fingerprint density at radius 2 is 1.88 bits per heavy atom. The average molecular weight is 351 g/mol. The first-order valence-corrected chi connectivity index (χ1v) is 8.44. The van der Waals surface area contributed by atoms with E-state index in [1.165, 1.54) is 12.1 Å². The van der Waals surface area contributed by atoms with Gasteiger partial charge in [0.1, 0.15) is 5.82 Å². The molecule has 2 heterocycles. The number of halogens is 1. The summed E-state index contributed by atoms with van der Waals surface area (Å²) in [4.78, 5) is 14.6. The van der Waals surface area contributed by atoms with E-state index in [1.54, 1.807) is 17.0 Å². The third kappa shape index (κ3) is 2.88. The molecule has 3 aromatic rings. The second-order valence-electron chi connectivity index (χ2n) is 6.38. The number of aromatic nitrogens is 2. The van der Waals surface area contributed by atoms with Gasteiger partial charge in [0.25, 0.3) is 0 Å².